The molecule has 0 spiro atoms. The maximum absolute atomic E-state index is 15.0. The van der Waals surface area contributed by atoms with Gasteiger partial charge in [-0.25, -0.2) is 18.4 Å². The van der Waals surface area contributed by atoms with Crippen LogP contribution < -0.4 is 14.2 Å². The number of carbonyl (C=O) groups is 3. The summed E-state index contributed by atoms with van der Waals surface area (Å²) >= 11 is 0. The fraction of sp³-hybridized carbons (Fsp3) is 0.306. The van der Waals surface area contributed by atoms with Crippen LogP contribution in [0.4, 0.5) is 8.78 Å². The molecular formula is C36H38F2O8. The third-order valence-corrected chi connectivity index (χ3v) is 6.38. The normalized spacial score (nSPS) is 10.7. The maximum atomic E-state index is 15.0. The van der Waals surface area contributed by atoms with Gasteiger partial charge in [-0.05, 0) is 78.6 Å². The van der Waals surface area contributed by atoms with Gasteiger partial charge >= 0.3 is 17.9 Å². The molecule has 8 nitrogen and oxygen atoms in total. The van der Waals surface area contributed by atoms with Gasteiger partial charge in [-0.15, -0.1) is 0 Å². The fourth-order valence-corrected chi connectivity index (χ4v) is 3.88. The first-order chi connectivity index (χ1) is 21.8. The Bertz CT molecular complexity index is 1490. The standard InChI is InChI=1S/C36H38F2O8/c1-22(2)34(39)44-15-7-13-42-32-11-9-25(20-30(32)37)27-17-28(19-29(18-27)46-36(41)24(5)6)26-10-12-33(31(38)21-26)43-14-8-16-45-35(40)23(3)4/h9-12,17-21,24H,1,3,7-8,13-16H2,2,4-6H3. The van der Waals surface area contributed by atoms with Gasteiger partial charge in [-0.3, -0.25) is 4.79 Å². The molecule has 0 saturated carbocycles. The summed E-state index contributed by atoms with van der Waals surface area (Å²) in [4.78, 5) is 35.3. The molecule has 3 aromatic rings. The monoisotopic (exact) mass is 636 g/mol. The third-order valence-electron chi connectivity index (χ3n) is 6.38. The van der Waals surface area contributed by atoms with Crippen molar-refractivity contribution in [2.75, 3.05) is 26.4 Å². The number of hydrogen-bond acceptors (Lipinski definition) is 8. The second-order valence-corrected chi connectivity index (χ2v) is 10.8. The largest absolute Gasteiger partial charge is 0.490 e. The Balaban J connectivity index is 1.77. The summed E-state index contributed by atoms with van der Waals surface area (Å²) in [6.07, 6.45) is 0.718. The maximum Gasteiger partial charge on any atom is 0.333 e. The Morgan fingerprint density at radius 3 is 1.46 bits per heavy atom. The number of ether oxygens (including phenoxy) is 5. The highest BCUT2D eigenvalue weighted by molar-refractivity contribution is 5.87. The van der Waals surface area contributed by atoms with Crippen molar-refractivity contribution in [1.29, 1.82) is 0 Å². The lowest BCUT2D eigenvalue weighted by Gasteiger charge is -2.14. The molecule has 3 aromatic carbocycles. The average Bonchev–Trinajstić information content (AvgIpc) is 3.01. The predicted molar refractivity (Wildman–Crippen MR) is 169 cm³/mol. The highest BCUT2D eigenvalue weighted by atomic mass is 19.1. The van der Waals surface area contributed by atoms with Crippen molar-refractivity contribution in [2.45, 2.75) is 40.5 Å². The average molecular weight is 637 g/mol. The van der Waals surface area contributed by atoms with Gasteiger partial charge < -0.3 is 23.7 Å². The Labute approximate surface area is 267 Å². The lowest BCUT2D eigenvalue weighted by Crippen LogP contribution is -2.14. The molecule has 0 fully saturated rings. The van der Waals surface area contributed by atoms with Crippen molar-refractivity contribution in [3.63, 3.8) is 0 Å². The molecular weight excluding hydrogens is 598 g/mol. The lowest BCUT2D eigenvalue weighted by atomic mass is 9.98. The van der Waals surface area contributed by atoms with Crippen LogP contribution in [0.2, 0.25) is 0 Å². The van der Waals surface area contributed by atoms with E-state index < -0.39 is 35.5 Å². The molecule has 0 atom stereocenters. The van der Waals surface area contributed by atoms with Crippen LogP contribution in [0.1, 0.15) is 40.5 Å². The van der Waals surface area contributed by atoms with Gasteiger partial charge in [0.25, 0.3) is 0 Å². The van der Waals surface area contributed by atoms with Gasteiger partial charge in [0.15, 0.2) is 23.1 Å². The summed E-state index contributed by atoms with van der Waals surface area (Å²) in [6.45, 7) is 14.0. The first-order valence-electron chi connectivity index (χ1n) is 14.7. The van der Waals surface area contributed by atoms with Crippen LogP contribution in [0.3, 0.4) is 0 Å². The van der Waals surface area contributed by atoms with Crippen LogP contribution >= 0.6 is 0 Å². The van der Waals surface area contributed by atoms with Crippen LogP contribution in [-0.4, -0.2) is 44.3 Å². The number of halogens is 2. The second kappa shape index (κ2) is 16.9. The van der Waals surface area contributed by atoms with E-state index in [1.807, 2.05) is 0 Å². The van der Waals surface area contributed by atoms with E-state index in [1.54, 1.807) is 58.0 Å². The first kappa shape index (κ1) is 35.5. The van der Waals surface area contributed by atoms with Crippen LogP contribution in [0, 0.1) is 17.6 Å². The first-order valence-corrected chi connectivity index (χ1v) is 14.7. The van der Waals surface area contributed by atoms with Gasteiger partial charge in [0, 0.05) is 24.0 Å². The molecule has 0 radical (unpaired) electrons. The molecule has 0 bridgehead atoms. The molecule has 0 saturated heterocycles. The molecule has 0 heterocycles. The SMILES string of the molecule is C=C(C)C(=O)OCCCOc1ccc(-c2cc(OC(=O)C(C)C)cc(-c3ccc(OCCCOC(=O)C(=C)C)c(F)c3)c2)cc1F. The molecule has 10 heteroatoms. The third kappa shape index (κ3) is 10.6. The van der Waals surface area contributed by atoms with Crippen molar-refractivity contribution in [1.82, 2.24) is 0 Å². The Kier molecular flexibility index (Phi) is 13.0. The number of rotatable bonds is 16. The number of benzene rings is 3. The Morgan fingerprint density at radius 2 is 1.09 bits per heavy atom. The Hall–Kier alpha value is -4.99. The van der Waals surface area contributed by atoms with Crippen LogP contribution in [-0.2, 0) is 23.9 Å². The molecule has 3 rings (SSSR count). The number of carbonyl (C=O) groups excluding carboxylic acids is 3. The van der Waals surface area contributed by atoms with E-state index in [1.165, 1.54) is 24.3 Å². The van der Waals surface area contributed by atoms with Crippen LogP contribution in [0.15, 0.2) is 78.9 Å². The Morgan fingerprint density at radius 1 is 0.652 bits per heavy atom. The minimum atomic E-state index is -0.621. The van der Waals surface area contributed by atoms with Gasteiger partial charge in [-0.1, -0.05) is 39.1 Å². The zero-order chi connectivity index (χ0) is 33.8. The summed E-state index contributed by atoms with van der Waals surface area (Å²) in [5, 5.41) is 0. The quantitative estimate of drug-likeness (QED) is 0.0685. The minimum Gasteiger partial charge on any atom is -0.490 e. The summed E-state index contributed by atoms with van der Waals surface area (Å²) in [5.41, 5.74) is 2.56. The van der Waals surface area contributed by atoms with Crippen LogP contribution in [0.5, 0.6) is 17.2 Å². The summed E-state index contributed by atoms with van der Waals surface area (Å²) < 4.78 is 56.7. The van der Waals surface area contributed by atoms with Crippen molar-refractivity contribution < 1.29 is 46.8 Å². The minimum absolute atomic E-state index is 0.0178. The van der Waals surface area contributed by atoms with Crippen molar-refractivity contribution in [3.8, 4) is 39.5 Å². The highest BCUT2D eigenvalue weighted by Gasteiger charge is 2.15. The molecule has 0 aliphatic rings. The molecule has 0 N–H and O–H groups in total. The van der Waals surface area contributed by atoms with Crippen molar-refractivity contribution in [2.24, 2.45) is 5.92 Å². The zero-order valence-corrected chi connectivity index (χ0v) is 26.5. The van der Waals surface area contributed by atoms with Crippen molar-refractivity contribution in [3.05, 3.63) is 90.5 Å². The summed E-state index contributed by atoms with van der Waals surface area (Å²) in [7, 11) is 0. The highest BCUT2D eigenvalue weighted by Crippen LogP contribution is 2.35. The van der Waals surface area contributed by atoms with E-state index in [0.717, 1.165) is 0 Å². The molecule has 0 unspecified atom stereocenters. The topological polar surface area (TPSA) is 97.4 Å². The molecule has 244 valence electrons. The van der Waals surface area contributed by atoms with E-state index >= 15 is 8.78 Å². The van der Waals surface area contributed by atoms with E-state index in [9.17, 15) is 14.4 Å². The molecule has 0 aliphatic carbocycles. The van der Waals surface area contributed by atoms with Crippen LogP contribution in [0.25, 0.3) is 22.3 Å². The van der Waals surface area contributed by atoms with E-state index in [4.69, 9.17) is 23.7 Å². The van der Waals surface area contributed by atoms with Gasteiger partial charge in [0.2, 0.25) is 0 Å². The van der Waals surface area contributed by atoms with E-state index in [-0.39, 0.29) is 54.8 Å². The van der Waals surface area contributed by atoms with E-state index in [0.29, 0.717) is 35.1 Å². The molecule has 0 aliphatic heterocycles. The number of esters is 3. The second-order valence-electron chi connectivity index (χ2n) is 10.8. The predicted octanol–water partition coefficient (Wildman–Crippen LogP) is 7.64. The number of hydrogen-bond donors (Lipinski definition) is 0. The van der Waals surface area contributed by atoms with Gasteiger partial charge in [-0.2, -0.15) is 0 Å². The van der Waals surface area contributed by atoms with Crippen molar-refractivity contribution >= 4 is 17.9 Å². The summed E-state index contributed by atoms with van der Waals surface area (Å²) in [6, 6.07) is 13.8. The zero-order valence-electron chi connectivity index (χ0n) is 26.5. The smallest absolute Gasteiger partial charge is 0.333 e. The molecule has 0 aromatic heterocycles. The van der Waals surface area contributed by atoms with Gasteiger partial charge in [0.1, 0.15) is 5.75 Å². The fourth-order valence-electron chi connectivity index (χ4n) is 3.88. The lowest BCUT2D eigenvalue weighted by molar-refractivity contribution is -0.140. The van der Waals surface area contributed by atoms with E-state index in [2.05, 4.69) is 13.2 Å². The molecule has 0 amide bonds. The van der Waals surface area contributed by atoms with Gasteiger partial charge in [0.05, 0.1) is 32.3 Å². The summed E-state index contributed by atoms with van der Waals surface area (Å²) in [5.74, 6) is -2.86. The molecule has 46 heavy (non-hydrogen) atoms.